The van der Waals surface area contributed by atoms with Crippen molar-refractivity contribution >= 4 is 5.91 Å². The van der Waals surface area contributed by atoms with Gasteiger partial charge in [0.25, 0.3) is 5.91 Å². The van der Waals surface area contributed by atoms with Crippen molar-refractivity contribution in [1.29, 1.82) is 0 Å². The van der Waals surface area contributed by atoms with Crippen LogP contribution in [0.15, 0.2) is 60.9 Å². The molecule has 6 heteroatoms. The van der Waals surface area contributed by atoms with Crippen molar-refractivity contribution in [2.24, 2.45) is 0 Å². The fourth-order valence-corrected chi connectivity index (χ4v) is 2.77. The quantitative estimate of drug-likeness (QED) is 0.673. The molecule has 4 nitrogen and oxygen atoms in total. The number of rotatable bonds is 6. The maximum atomic E-state index is 13.4. The molecule has 134 valence electrons. The van der Waals surface area contributed by atoms with Gasteiger partial charge in [-0.15, -0.1) is 0 Å². The Hall–Kier alpha value is -3.02. The predicted molar refractivity (Wildman–Crippen MR) is 94.5 cm³/mol. The van der Waals surface area contributed by atoms with Crippen LogP contribution in [0, 0.1) is 11.6 Å². The van der Waals surface area contributed by atoms with Gasteiger partial charge in [-0.1, -0.05) is 18.2 Å². The number of benzene rings is 2. The third-order valence-corrected chi connectivity index (χ3v) is 4.12. The summed E-state index contributed by atoms with van der Waals surface area (Å²) in [5.41, 5.74) is 1.11. The zero-order chi connectivity index (χ0) is 18.5. The highest BCUT2D eigenvalue weighted by atomic mass is 19.1. The number of hydrogen-bond acceptors (Lipinski definition) is 2. The van der Waals surface area contributed by atoms with E-state index in [1.54, 1.807) is 29.4 Å². The molecule has 0 bridgehead atoms. The second-order valence-electron chi connectivity index (χ2n) is 5.93. The zero-order valence-electron chi connectivity index (χ0n) is 14.4. The van der Waals surface area contributed by atoms with E-state index in [1.807, 2.05) is 17.6 Å². The first-order chi connectivity index (χ1) is 12.6. The normalized spacial score (nSPS) is 10.7. The van der Waals surface area contributed by atoms with Gasteiger partial charge in [0.2, 0.25) is 0 Å². The van der Waals surface area contributed by atoms with Crippen LogP contribution in [0.2, 0.25) is 0 Å². The molecule has 26 heavy (non-hydrogen) atoms. The highest BCUT2D eigenvalue weighted by Crippen LogP contribution is 2.13. The number of imidazole rings is 1. The summed E-state index contributed by atoms with van der Waals surface area (Å²) in [5, 5.41) is 0. The van der Waals surface area contributed by atoms with E-state index in [4.69, 9.17) is 0 Å². The van der Waals surface area contributed by atoms with E-state index < -0.39 is 5.82 Å². The molecule has 0 unspecified atom stereocenters. The van der Waals surface area contributed by atoms with Crippen LogP contribution < -0.4 is 0 Å². The average molecular weight is 355 g/mol. The van der Waals surface area contributed by atoms with Gasteiger partial charge in [-0.3, -0.25) is 4.79 Å². The molecule has 0 aliphatic rings. The van der Waals surface area contributed by atoms with E-state index in [-0.39, 0.29) is 18.3 Å². The van der Waals surface area contributed by atoms with E-state index in [0.717, 1.165) is 5.56 Å². The second kappa shape index (κ2) is 7.91. The molecule has 0 radical (unpaired) electrons. The van der Waals surface area contributed by atoms with E-state index in [0.29, 0.717) is 24.5 Å². The lowest BCUT2D eigenvalue weighted by atomic mass is 10.2. The zero-order valence-corrected chi connectivity index (χ0v) is 14.4. The van der Waals surface area contributed by atoms with Crippen molar-refractivity contribution in [2.75, 3.05) is 6.54 Å². The number of hydrogen-bond donors (Lipinski definition) is 0. The summed E-state index contributed by atoms with van der Waals surface area (Å²) in [6.07, 6.45) is 3.44. The Kier molecular flexibility index (Phi) is 5.41. The van der Waals surface area contributed by atoms with Crippen LogP contribution in [0.5, 0.6) is 0 Å². The van der Waals surface area contributed by atoms with Gasteiger partial charge >= 0.3 is 0 Å². The lowest BCUT2D eigenvalue weighted by Crippen LogP contribution is -2.31. The van der Waals surface area contributed by atoms with Crippen molar-refractivity contribution in [1.82, 2.24) is 14.5 Å². The average Bonchev–Trinajstić information content (AvgIpc) is 3.06. The summed E-state index contributed by atoms with van der Waals surface area (Å²) in [5.74, 6) is -0.312. The summed E-state index contributed by atoms with van der Waals surface area (Å²) in [4.78, 5) is 18.6. The van der Waals surface area contributed by atoms with Crippen molar-refractivity contribution in [3.63, 3.8) is 0 Å². The van der Waals surface area contributed by atoms with Crippen molar-refractivity contribution in [3.05, 3.63) is 89.5 Å². The first kappa shape index (κ1) is 17.8. The molecule has 0 N–H and O–H groups in total. The number of halogens is 2. The summed E-state index contributed by atoms with van der Waals surface area (Å²) in [6.45, 7) is 3.06. The Morgan fingerprint density at radius 2 is 1.85 bits per heavy atom. The first-order valence-corrected chi connectivity index (χ1v) is 8.36. The number of amides is 1. The summed E-state index contributed by atoms with van der Waals surface area (Å²) in [6, 6.07) is 12.0. The molecular weight excluding hydrogens is 336 g/mol. The molecule has 0 atom stereocenters. The molecule has 3 rings (SSSR count). The van der Waals surface area contributed by atoms with Crippen LogP contribution in [0.25, 0.3) is 0 Å². The number of nitrogens with zero attached hydrogens (tertiary/aromatic N) is 3. The first-order valence-electron chi connectivity index (χ1n) is 8.36. The fraction of sp³-hybridized carbons (Fsp3) is 0.200. The monoisotopic (exact) mass is 355 g/mol. The Morgan fingerprint density at radius 3 is 2.54 bits per heavy atom. The maximum Gasteiger partial charge on any atom is 0.254 e. The molecule has 3 aromatic rings. The van der Waals surface area contributed by atoms with Crippen molar-refractivity contribution < 1.29 is 13.6 Å². The Labute approximate surface area is 150 Å². The SMILES string of the molecule is CCN(Cc1nccn1Cc1cccc(F)c1)C(=O)c1cccc(F)c1. The molecule has 0 aliphatic heterocycles. The van der Waals surface area contributed by atoms with Gasteiger partial charge in [-0.25, -0.2) is 13.8 Å². The molecule has 2 aromatic carbocycles. The fourth-order valence-electron chi connectivity index (χ4n) is 2.77. The number of carbonyl (C=O) groups excluding carboxylic acids is 1. The van der Waals surface area contributed by atoms with Crippen LogP contribution >= 0.6 is 0 Å². The topological polar surface area (TPSA) is 38.1 Å². The van der Waals surface area contributed by atoms with Crippen LogP contribution in [0.3, 0.4) is 0 Å². The van der Waals surface area contributed by atoms with Crippen molar-refractivity contribution in [3.8, 4) is 0 Å². The van der Waals surface area contributed by atoms with E-state index in [2.05, 4.69) is 4.98 Å². The van der Waals surface area contributed by atoms with Gasteiger partial charge in [0.15, 0.2) is 0 Å². The Morgan fingerprint density at radius 1 is 1.12 bits per heavy atom. The van der Waals surface area contributed by atoms with Crippen molar-refractivity contribution in [2.45, 2.75) is 20.0 Å². The van der Waals surface area contributed by atoms with E-state index in [9.17, 15) is 13.6 Å². The molecule has 1 amide bonds. The summed E-state index contributed by atoms with van der Waals surface area (Å²) < 4.78 is 28.6. The minimum absolute atomic E-state index is 0.257. The molecule has 0 saturated heterocycles. The third kappa shape index (κ3) is 4.14. The molecule has 1 aromatic heterocycles. The standard InChI is InChI=1S/C20H19F2N3O/c1-2-24(20(26)16-6-4-8-18(22)12-16)14-19-23-9-10-25(19)13-15-5-3-7-17(21)11-15/h3-12H,2,13-14H2,1H3. The number of aromatic nitrogens is 2. The lowest BCUT2D eigenvalue weighted by Gasteiger charge is -2.21. The minimum atomic E-state index is -0.445. The molecule has 1 heterocycles. The second-order valence-corrected chi connectivity index (χ2v) is 5.93. The van der Waals surface area contributed by atoms with E-state index in [1.165, 1.54) is 30.3 Å². The molecule has 0 aliphatic carbocycles. The minimum Gasteiger partial charge on any atom is -0.331 e. The van der Waals surface area contributed by atoms with Gasteiger partial charge in [-0.2, -0.15) is 0 Å². The van der Waals surface area contributed by atoms with Gasteiger partial charge < -0.3 is 9.47 Å². The van der Waals surface area contributed by atoms with Crippen LogP contribution in [0.1, 0.15) is 28.7 Å². The van der Waals surface area contributed by atoms with Gasteiger partial charge in [0.1, 0.15) is 17.5 Å². The van der Waals surface area contributed by atoms with E-state index >= 15 is 0 Å². The Balaban J connectivity index is 1.77. The largest absolute Gasteiger partial charge is 0.331 e. The summed E-state index contributed by atoms with van der Waals surface area (Å²) >= 11 is 0. The van der Waals surface area contributed by atoms with Gasteiger partial charge in [0.05, 0.1) is 6.54 Å². The molecular formula is C20H19F2N3O. The smallest absolute Gasteiger partial charge is 0.254 e. The Bertz CT molecular complexity index is 907. The highest BCUT2D eigenvalue weighted by Gasteiger charge is 2.17. The number of carbonyl (C=O) groups is 1. The summed E-state index contributed by atoms with van der Waals surface area (Å²) in [7, 11) is 0. The van der Waals surface area contributed by atoms with Gasteiger partial charge in [-0.05, 0) is 42.8 Å². The maximum absolute atomic E-state index is 13.4. The highest BCUT2D eigenvalue weighted by molar-refractivity contribution is 5.94. The molecule has 0 saturated carbocycles. The lowest BCUT2D eigenvalue weighted by molar-refractivity contribution is 0.0746. The van der Waals surface area contributed by atoms with Crippen LogP contribution in [0.4, 0.5) is 8.78 Å². The third-order valence-electron chi connectivity index (χ3n) is 4.12. The van der Waals surface area contributed by atoms with Gasteiger partial charge in [0, 0.05) is 31.0 Å². The molecule has 0 spiro atoms. The van der Waals surface area contributed by atoms with Crippen LogP contribution in [-0.4, -0.2) is 26.9 Å². The molecule has 0 fully saturated rings. The van der Waals surface area contributed by atoms with Crippen LogP contribution in [-0.2, 0) is 13.1 Å². The predicted octanol–water partition coefficient (Wildman–Crippen LogP) is 3.87.